The van der Waals surface area contributed by atoms with Crippen molar-refractivity contribution in [3.63, 3.8) is 0 Å². The molecule has 1 aliphatic rings. The molecular weight excluding hydrogens is 378 g/mol. The molecule has 1 aromatic heterocycles. The van der Waals surface area contributed by atoms with Gasteiger partial charge in [-0.3, -0.25) is 14.7 Å². The number of carbonyl (C=O) groups is 2. The lowest BCUT2D eigenvalue weighted by Gasteiger charge is -2.30. The molecule has 3 aromatic rings. The molecule has 1 N–H and O–H groups in total. The Morgan fingerprint density at radius 3 is 2.53 bits per heavy atom. The van der Waals surface area contributed by atoms with Crippen LogP contribution < -0.4 is 5.32 Å². The molecule has 0 saturated heterocycles. The van der Waals surface area contributed by atoms with E-state index in [1.807, 2.05) is 24.3 Å². The second-order valence-corrected chi connectivity index (χ2v) is 7.28. The lowest BCUT2D eigenvalue weighted by molar-refractivity contribution is 0.0600. The van der Waals surface area contributed by atoms with E-state index in [1.165, 1.54) is 18.2 Å². The Morgan fingerprint density at radius 2 is 1.80 bits per heavy atom. The Labute approximate surface area is 175 Å². The summed E-state index contributed by atoms with van der Waals surface area (Å²) >= 11 is 0. The number of anilines is 1. The van der Waals surface area contributed by atoms with Crippen LogP contribution in [0.3, 0.4) is 0 Å². The maximum absolute atomic E-state index is 12.5. The third-order valence-electron chi connectivity index (χ3n) is 5.32. The Hall–Kier alpha value is -3.51. The van der Waals surface area contributed by atoms with Gasteiger partial charge in [0.1, 0.15) is 0 Å². The van der Waals surface area contributed by atoms with Crippen molar-refractivity contribution in [3.8, 4) is 0 Å². The van der Waals surface area contributed by atoms with Gasteiger partial charge in [-0.05, 0) is 53.4 Å². The number of esters is 1. The molecule has 0 bridgehead atoms. The molecule has 0 saturated carbocycles. The van der Waals surface area contributed by atoms with E-state index in [2.05, 4.69) is 21.3 Å². The van der Waals surface area contributed by atoms with Crippen molar-refractivity contribution >= 4 is 17.6 Å². The highest BCUT2D eigenvalue weighted by Crippen LogP contribution is 2.27. The van der Waals surface area contributed by atoms with E-state index in [4.69, 9.17) is 4.74 Å². The zero-order valence-electron chi connectivity index (χ0n) is 16.8. The molecule has 2 heterocycles. The normalized spacial score (nSPS) is 13.4. The second-order valence-electron chi connectivity index (χ2n) is 7.28. The molecule has 6 heteroatoms. The number of ether oxygens (including phenoxy) is 1. The van der Waals surface area contributed by atoms with Crippen molar-refractivity contribution < 1.29 is 14.3 Å². The van der Waals surface area contributed by atoms with E-state index in [1.54, 1.807) is 36.7 Å². The van der Waals surface area contributed by atoms with Crippen LogP contribution in [-0.2, 0) is 24.2 Å². The molecule has 2 aromatic carbocycles. The number of fused-ring (bicyclic) bond motifs is 1. The van der Waals surface area contributed by atoms with Gasteiger partial charge in [-0.25, -0.2) is 4.79 Å². The Balaban J connectivity index is 1.44. The van der Waals surface area contributed by atoms with Gasteiger partial charge in [-0.15, -0.1) is 0 Å². The first-order chi connectivity index (χ1) is 14.6. The van der Waals surface area contributed by atoms with Gasteiger partial charge in [0.15, 0.2) is 0 Å². The quantitative estimate of drug-likeness (QED) is 0.661. The van der Waals surface area contributed by atoms with Gasteiger partial charge in [0, 0.05) is 43.3 Å². The fourth-order valence-corrected chi connectivity index (χ4v) is 3.74. The summed E-state index contributed by atoms with van der Waals surface area (Å²) < 4.78 is 4.75. The topological polar surface area (TPSA) is 71.5 Å². The number of hydrogen-bond acceptors (Lipinski definition) is 5. The third kappa shape index (κ3) is 4.39. The maximum Gasteiger partial charge on any atom is 0.337 e. The van der Waals surface area contributed by atoms with Crippen LogP contribution in [-0.4, -0.2) is 35.4 Å². The smallest absolute Gasteiger partial charge is 0.337 e. The number of rotatable bonds is 5. The van der Waals surface area contributed by atoms with Crippen molar-refractivity contribution in [1.29, 1.82) is 0 Å². The SMILES string of the molecule is COC(=O)c1ccc(CN2CCc3c(cccc3NC(=O)c3ccncc3)C2)cc1. The number of hydrogen-bond donors (Lipinski definition) is 1. The highest BCUT2D eigenvalue weighted by atomic mass is 16.5. The first-order valence-corrected chi connectivity index (χ1v) is 9.86. The van der Waals surface area contributed by atoms with Gasteiger partial charge in [-0.1, -0.05) is 24.3 Å². The van der Waals surface area contributed by atoms with Crippen LogP contribution in [0.25, 0.3) is 0 Å². The number of aromatic nitrogens is 1. The van der Waals surface area contributed by atoms with E-state index in [0.29, 0.717) is 11.1 Å². The summed E-state index contributed by atoms with van der Waals surface area (Å²) in [6, 6.07) is 17.0. The molecule has 0 unspecified atom stereocenters. The van der Waals surface area contributed by atoms with E-state index >= 15 is 0 Å². The second kappa shape index (κ2) is 8.88. The van der Waals surface area contributed by atoms with Crippen molar-refractivity contribution in [2.45, 2.75) is 19.5 Å². The first kappa shape index (κ1) is 19.8. The Kier molecular flexibility index (Phi) is 5.86. The number of nitrogens with one attached hydrogen (secondary N) is 1. The summed E-state index contributed by atoms with van der Waals surface area (Å²) in [4.78, 5) is 30.4. The average Bonchev–Trinajstić information content (AvgIpc) is 2.79. The lowest BCUT2D eigenvalue weighted by Crippen LogP contribution is -2.30. The number of methoxy groups -OCH3 is 1. The average molecular weight is 401 g/mol. The molecule has 4 rings (SSSR count). The van der Waals surface area contributed by atoms with Gasteiger partial charge in [-0.2, -0.15) is 0 Å². The minimum atomic E-state index is -0.324. The van der Waals surface area contributed by atoms with E-state index < -0.39 is 0 Å². The number of pyridine rings is 1. The number of carbonyl (C=O) groups excluding carboxylic acids is 2. The van der Waals surface area contributed by atoms with Crippen LogP contribution >= 0.6 is 0 Å². The van der Waals surface area contributed by atoms with Crippen LogP contribution in [0.2, 0.25) is 0 Å². The standard InChI is InChI=1S/C24H23N3O3/c1-30-24(29)19-7-5-17(6-8-19)15-27-14-11-21-20(16-27)3-2-4-22(21)26-23(28)18-9-12-25-13-10-18/h2-10,12-13H,11,14-16H2,1H3,(H,26,28). The summed E-state index contributed by atoms with van der Waals surface area (Å²) in [5.74, 6) is -0.450. The van der Waals surface area contributed by atoms with E-state index in [9.17, 15) is 9.59 Å². The van der Waals surface area contributed by atoms with Gasteiger partial charge >= 0.3 is 5.97 Å². The van der Waals surface area contributed by atoms with Gasteiger partial charge in [0.05, 0.1) is 12.7 Å². The minimum absolute atomic E-state index is 0.126. The Morgan fingerprint density at radius 1 is 1.03 bits per heavy atom. The largest absolute Gasteiger partial charge is 0.465 e. The molecule has 0 fully saturated rings. The predicted octanol–water partition coefficient (Wildman–Crippen LogP) is 3.68. The molecule has 6 nitrogen and oxygen atoms in total. The molecule has 0 spiro atoms. The van der Waals surface area contributed by atoms with E-state index in [-0.39, 0.29) is 11.9 Å². The van der Waals surface area contributed by atoms with Crippen LogP contribution in [0.15, 0.2) is 67.0 Å². The van der Waals surface area contributed by atoms with E-state index in [0.717, 1.165) is 37.3 Å². The van der Waals surface area contributed by atoms with Gasteiger partial charge < -0.3 is 10.1 Å². The Bertz CT molecular complexity index is 1050. The summed E-state index contributed by atoms with van der Waals surface area (Å²) in [5, 5.41) is 3.04. The zero-order valence-corrected chi connectivity index (χ0v) is 16.8. The molecule has 1 aliphatic heterocycles. The van der Waals surface area contributed by atoms with Crippen LogP contribution in [0.5, 0.6) is 0 Å². The van der Waals surface area contributed by atoms with Crippen LogP contribution in [0.4, 0.5) is 5.69 Å². The highest BCUT2D eigenvalue weighted by molar-refractivity contribution is 6.04. The van der Waals surface area contributed by atoms with Crippen molar-refractivity contribution in [2.75, 3.05) is 19.0 Å². The first-order valence-electron chi connectivity index (χ1n) is 9.86. The van der Waals surface area contributed by atoms with Crippen molar-refractivity contribution in [3.05, 3.63) is 94.8 Å². The molecule has 1 amide bonds. The number of amides is 1. The molecule has 30 heavy (non-hydrogen) atoms. The maximum atomic E-state index is 12.5. The summed E-state index contributed by atoms with van der Waals surface area (Å²) in [6.45, 7) is 2.51. The van der Waals surface area contributed by atoms with Crippen molar-refractivity contribution in [1.82, 2.24) is 9.88 Å². The van der Waals surface area contributed by atoms with Crippen LogP contribution in [0.1, 0.15) is 37.4 Å². The molecule has 152 valence electrons. The number of benzene rings is 2. The lowest BCUT2D eigenvalue weighted by atomic mass is 9.97. The molecule has 0 aliphatic carbocycles. The summed E-state index contributed by atoms with van der Waals surface area (Å²) in [6.07, 6.45) is 4.10. The predicted molar refractivity (Wildman–Crippen MR) is 114 cm³/mol. The summed E-state index contributed by atoms with van der Waals surface area (Å²) in [7, 11) is 1.38. The zero-order chi connectivity index (χ0) is 20.9. The molecule has 0 atom stereocenters. The fraction of sp³-hybridized carbons (Fsp3) is 0.208. The third-order valence-corrected chi connectivity index (χ3v) is 5.32. The molecule has 0 radical (unpaired) electrons. The van der Waals surface area contributed by atoms with Gasteiger partial charge in [0.25, 0.3) is 5.91 Å². The highest BCUT2D eigenvalue weighted by Gasteiger charge is 2.20. The number of nitrogens with zero attached hydrogens (tertiary/aromatic N) is 2. The van der Waals surface area contributed by atoms with Crippen molar-refractivity contribution in [2.24, 2.45) is 0 Å². The monoisotopic (exact) mass is 401 g/mol. The van der Waals surface area contributed by atoms with Crippen LogP contribution in [0, 0.1) is 0 Å². The molecular formula is C24H23N3O3. The minimum Gasteiger partial charge on any atom is -0.465 e. The van der Waals surface area contributed by atoms with Gasteiger partial charge in [0.2, 0.25) is 0 Å². The fourth-order valence-electron chi connectivity index (χ4n) is 3.74. The summed E-state index contributed by atoms with van der Waals surface area (Å²) in [5.41, 5.74) is 5.58.